The van der Waals surface area contributed by atoms with Gasteiger partial charge in [-0.25, -0.2) is 4.79 Å². The van der Waals surface area contributed by atoms with Crippen molar-refractivity contribution in [2.24, 2.45) is 0 Å². The van der Waals surface area contributed by atoms with Crippen LogP contribution in [0.25, 0.3) is 0 Å². The van der Waals surface area contributed by atoms with Crippen molar-refractivity contribution in [1.82, 2.24) is 0 Å². The van der Waals surface area contributed by atoms with E-state index in [9.17, 15) is 20.1 Å². The van der Waals surface area contributed by atoms with Crippen LogP contribution in [0.4, 0.5) is 0 Å². The predicted molar refractivity (Wildman–Crippen MR) is 100 cm³/mol. The van der Waals surface area contributed by atoms with Gasteiger partial charge >= 0.3 is 5.97 Å². The summed E-state index contributed by atoms with van der Waals surface area (Å²) in [5.41, 5.74) is 3.21. The molecule has 0 radical (unpaired) electrons. The quantitative estimate of drug-likeness (QED) is 0.641. The second-order valence-electron chi connectivity index (χ2n) is 6.58. The molecule has 1 heterocycles. The van der Waals surface area contributed by atoms with Crippen molar-refractivity contribution in [3.63, 3.8) is 0 Å². The molecule has 1 aliphatic rings. The molecule has 0 bridgehead atoms. The average molecular weight is 374 g/mol. The van der Waals surface area contributed by atoms with Crippen molar-refractivity contribution < 1.29 is 25.2 Å². The summed E-state index contributed by atoms with van der Waals surface area (Å²) in [6, 6.07) is 14.6. The second-order valence-corrected chi connectivity index (χ2v) is 8.03. The lowest BCUT2D eigenvalue weighted by molar-refractivity contribution is 0.00526. The Labute approximate surface area is 156 Å². The van der Waals surface area contributed by atoms with E-state index < -0.39 is 18.2 Å². The molecular formula is C20H22O5S. The van der Waals surface area contributed by atoms with Gasteiger partial charge in [0, 0.05) is 5.25 Å². The highest BCUT2D eigenvalue weighted by Gasteiger charge is 2.37. The molecule has 4 N–H and O–H groups in total. The van der Waals surface area contributed by atoms with Crippen LogP contribution in [-0.2, 0) is 6.42 Å². The highest BCUT2D eigenvalue weighted by molar-refractivity contribution is 8.00. The topological polar surface area (TPSA) is 98.0 Å². The number of hydrogen-bond donors (Lipinski definition) is 4. The zero-order chi connectivity index (χ0) is 18.7. The number of carboxylic acid groups (broad SMARTS) is 1. The van der Waals surface area contributed by atoms with Crippen molar-refractivity contribution in [2.75, 3.05) is 6.61 Å². The Bertz CT molecular complexity index is 761. The van der Waals surface area contributed by atoms with Gasteiger partial charge in [-0.2, -0.15) is 0 Å². The van der Waals surface area contributed by atoms with Gasteiger partial charge in [-0.1, -0.05) is 36.4 Å². The zero-order valence-electron chi connectivity index (χ0n) is 14.2. The Morgan fingerprint density at radius 3 is 2.46 bits per heavy atom. The molecule has 26 heavy (non-hydrogen) atoms. The molecule has 0 spiro atoms. The molecule has 0 saturated carbocycles. The first-order chi connectivity index (χ1) is 12.5. The van der Waals surface area contributed by atoms with E-state index in [2.05, 4.69) is 0 Å². The maximum Gasteiger partial charge on any atom is 0.335 e. The lowest BCUT2D eigenvalue weighted by Gasteiger charge is -2.36. The highest BCUT2D eigenvalue weighted by Crippen LogP contribution is 2.43. The average Bonchev–Trinajstić information content (AvgIpc) is 2.64. The maximum absolute atomic E-state index is 10.9. The van der Waals surface area contributed by atoms with E-state index in [0.29, 0.717) is 12.8 Å². The predicted octanol–water partition coefficient (Wildman–Crippen LogP) is 2.24. The van der Waals surface area contributed by atoms with Gasteiger partial charge in [0.25, 0.3) is 0 Å². The van der Waals surface area contributed by atoms with E-state index in [0.717, 1.165) is 16.7 Å². The summed E-state index contributed by atoms with van der Waals surface area (Å²) in [7, 11) is 0. The number of aliphatic hydroxyl groups excluding tert-OH is 3. The van der Waals surface area contributed by atoms with Crippen molar-refractivity contribution >= 4 is 17.7 Å². The standard InChI is InChI=1S/C20H22O5S/c21-11-16-10-17(22)18(23)19(26-16)15-3-1-2-13(9-15)8-12-4-6-14(7-5-12)20(24)25/h1-7,9,16-19,21-23H,8,10-11H2,(H,24,25)/t16-,17-,18+,19-/m0/s1. The normalized spacial score (nSPS) is 25.8. The molecule has 1 saturated heterocycles. The number of rotatable bonds is 5. The number of aromatic carboxylic acids is 1. The molecule has 1 fully saturated rings. The summed E-state index contributed by atoms with van der Waals surface area (Å²) in [4.78, 5) is 10.9. The van der Waals surface area contributed by atoms with E-state index in [1.807, 2.05) is 24.3 Å². The number of carboxylic acids is 1. The summed E-state index contributed by atoms with van der Waals surface area (Å²) >= 11 is 1.49. The summed E-state index contributed by atoms with van der Waals surface area (Å²) in [5, 5.41) is 38.4. The summed E-state index contributed by atoms with van der Waals surface area (Å²) in [6.45, 7) is -0.0272. The smallest absolute Gasteiger partial charge is 0.335 e. The summed E-state index contributed by atoms with van der Waals surface area (Å²) < 4.78 is 0. The van der Waals surface area contributed by atoms with Crippen LogP contribution < -0.4 is 0 Å². The van der Waals surface area contributed by atoms with Crippen LogP contribution in [0.3, 0.4) is 0 Å². The van der Waals surface area contributed by atoms with Crippen molar-refractivity contribution in [3.8, 4) is 0 Å². The first kappa shape index (κ1) is 18.9. The molecule has 0 aliphatic carbocycles. The van der Waals surface area contributed by atoms with E-state index in [1.165, 1.54) is 11.8 Å². The van der Waals surface area contributed by atoms with Gasteiger partial charge in [0.2, 0.25) is 0 Å². The first-order valence-corrected chi connectivity index (χ1v) is 9.45. The van der Waals surface area contributed by atoms with Crippen LogP contribution in [0.2, 0.25) is 0 Å². The Balaban J connectivity index is 1.78. The molecule has 0 unspecified atom stereocenters. The van der Waals surface area contributed by atoms with Crippen LogP contribution in [0.1, 0.15) is 38.7 Å². The van der Waals surface area contributed by atoms with Gasteiger partial charge in [0.15, 0.2) is 0 Å². The monoisotopic (exact) mass is 374 g/mol. The minimum Gasteiger partial charge on any atom is -0.478 e. The zero-order valence-corrected chi connectivity index (χ0v) is 15.0. The fourth-order valence-corrected chi connectivity index (χ4v) is 4.68. The van der Waals surface area contributed by atoms with Crippen LogP contribution in [0, 0.1) is 0 Å². The number of thioether (sulfide) groups is 1. The fraction of sp³-hybridized carbons (Fsp3) is 0.350. The summed E-state index contributed by atoms with van der Waals surface area (Å²) in [6.07, 6.45) is -0.680. The second kappa shape index (κ2) is 8.22. The lowest BCUT2D eigenvalue weighted by Crippen LogP contribution is -2.39. The largest absolute Gasteiger partial charge is 0.478 e. The first-order valence-electron chi connectivity index (χ1n) is 8.51. The Morgan fingerprint density at radius 1 is 1.08 bits per heavy atom. The van der Waals surface area contributed by atoms with Crippen LogP contribution in [0.15, 0.2) is 48.5 Å². The minimum atomic E-state index is -0.946. The molecule has 0 aromatic heterocycles. The van der Waals surface area contributed by atoms with Gasteiger partial charge in [-0.15, -0.1) is 11.8 Å². The molecule has 2 aromatic carbocycles. The van der Waals surface area contributed by atoms with Crippen LogP contribution in [0.5, 0.6) is 0 Å². The molecule has 3 rings (SSSR count). The third-order valence-corrected chi connectivity index (χ3v) is 6.21. The molecule has 4 atom stereocenters. The highest BCUT2D eigenvalue weighted by atomic mass is 32.2. The Hall–Kier alpha value is -1.86. The van der Waals surface area contributed by atoms with Gasteiger partial charge < -0.3 is 20.4 Å². The van der Waals surface area contributed by atoms with Gasteiger partial charge in [-0.05, 0) is 41.7 Å². The number of aliphatic hydroxyl groups is 3. The van der Waals surface area contributed by atoms with Crippen LogP contribution >= 0.6 is 11.8 Å². The Kier molecular flexibility index (Phi) is 5.98. The third kappa shape index (κ3) is 4.27. The van der Waals surface area contributed by atoms with E-state index in [-0.39, 0.29) is 22.7 Å². The van der Waals surface area contributed by atoms with Gasteiger partial charge in [0.1, 0.15) is 0 Å². The van der Waals surface area contributed by atoms with Crippen LogP contribution in [-0.4, -0.2) is 50.5 Å². The number of carbonyl (C=O) groups is 1. The number of hydrogen-bond acceptors (Lipinski definition) is 5. The Morgan fingerprint density at radius 2 is 1.81 bits per heavy atom. The van der Waals surface area contributed by atoms with Gasteiger partial charge in [0.05, 0.1) is 29.6 Å². The molecule has 2 aromatic rings. The van der Waals surface area contributed by atoms with E-state index >= 15 is 0 Å². The van der Waals surface area contributed by atoms with Crippen molar-refractivity contribution in [3.05, 3.63) is 70.8 Å². The van der Waals surface area contributed by atoms with Gasteiger partial charge in [-0.3, -0.25) is 0 Å². The molecule has 1 aliphatic heterocycles. The SMILES string of the molecule is O=C(O)c1ccc(Cc2cccc([C@@H]3S[C@H](CO)C[C@H](O)[C@H]3O)c2)cc1. The number of benzene rings is 2. The van der Waals surface area contributed by atoms with E-state index in [4.69, 9.17) is 5.11 Å². The molecular weight excluding hydrogens is 352 g/mol. The molecule has 6 heteroatoms. The van der Waals surface area contributed by atoms with Crippen molar-refractivity contribution in [1.29, 1.82) is 0 Å². The maximum atomic E-state index is 10.9. The molecule has 5 nitrogen and oxygen atoms in total. The molecule has 138 valence electrons. The summed E-state index contributed by atoms with van der Waals surface area (Å²) in [5.74, 6) is -0.946. The minimum absolute atomic E-state index is 0.0272. The molecule has 0 amide bonds. The van der Waals surface area contributed by atoms with E-state index in [1.54, 1.807) is 24.3 Å². The fourth-order valence-electron chi connectivity index (χ4n) is 3.23. The van der Waals surface area contributed by atoms with Crippen molar-refractivity contribution in [2.45, 2.75) is 35.5 Å². The third-order valence-electron chi connectivity index (χ3n) is 4.64. The lowest BCUT2D eigenvalue weighted by atomic mass is 9.96.